The number of nitrogens with two attached hydrogens (primary N) is 1. The van der Waals surface area contributed by atoms with Crippen LogP contribution in [0.25, 0.3) is 0 Å². The number of rotatable bonds is 5. The molecule has 1 aromatic carbocycles. The lowest BCUT2D eigenvalue weighted by Crippen LogP contribution is -2.36. The van der Waals surface area contributed by atoms with Crippen molar-refractivity contribution in [2.75, 3.05) is 6.54 Å². The van der Waals surface area contributed by atoms with Crippen molar-refractivity contribution in [1.82, 2.24) is 5.32 Å². The molecule has 0 aliphatic heterocycles. The summed E-state index contributed by atoms with van der Waals surface area (Å²) in [7, 11) is 0. The van der Waals surface area contributed by atoms with E-state index in [0.29, 0.717) is 12.3 Å². The standard InChI is InChI=1S/C14H22N2O2/c1-5-16-14(17)11(4)18-13-7-6-9(2)8-12(13)10(3)15/h6-8,10-11H,5,15H2,1-4H3,(H,16,17). The zero-order valence-electron chi connectivity index (χ0n) is 11.5. The Kier molecular flexibility index (Phi) is 5.16. The molecule has 0 heterocycles. The van der Waals surface area contributed by atoms with Crippen molar-refractivity contribution >= 4 is 5.91 Å². The average molecular weight is 250 g/mol. The molecule has 0 aliphatic carbocycles. The van der Waals surface area contributed by atoms with Crippen LogP contribution in [0, 0.1) is 6.92 Å². The molecule has 0 fully saturated rings. The van der Waals surface area contributed by atoms with Gasteiger partial charge in [0.2, 0.25) is 0 Å². The minimum Gasteiger partial charge on any atom is -0.481 e. The summed E-state index contributed by atoms with van der Waals surface area (Å²) in [6.45, 7) is 8.11. The van der Waals surface area contributed by atoms with Gasteiger partial charge >= 0.3 is 0 Å². The van der Waals surface area contributed by atoms with Crippen LogP contribution >= 0.6 is 0 Å². The summed E-state index contributed by atoms with van der Waals surface area (Å²) in [5, 5.41) is 2.73. The van der Waals surface area contributed by atoms with E-state index in [1.807, 2.05) is 39.0 Å². The van der Waals surface area contributed by atoms with Crippen molar-refractivity contribution in [1.29, 1.82) is 0 Å². The van der Waals surface area contributed by atoms with Gasteiger partial charge in [0.25, 0.3) is 5.91 Å². The van der Waals surface area contributed by atoms with E-state index in [1.54, 1.807) is 6.92 Å². The summed E-state index contributed by atoms with van der Waals surface area (Å²) >= 11 is 0. The zero-order chi connectivity index (χ0) is 13.7. The molecular weight excluding hydrogens is 228 g/mol. The molecule has 4 nitrogen and oxygen atoms in total. The molecule has 1 amide bonds. The van der Waals surface area contributed by atoms with Gasteiger partial charge in [-0.1, -0.05) is 17.7 Å². The van der Waals surface area contributed by atoms with E-state index in [4.69, 9.17) is 10.5 Å². The van der Waals surface area contributed by atoms with Gasteiger partial charge in [-0.3, -0.25) is 4.79 Å². The second-order valence-corrected chi connectivity index (χ2v) is 4.48. The van der Waals surface area contributed by atoms with E-state index in [2.05, 4.69) is 5.32 Å². The summed E-state index contributed by atoms with van der Waals surface area (Å²) < 4.78 is 5.68. The molecule has 18 heavy (non-hydrogen) atoms. The van der Waals surface area contributed by atoms with Crippen LogP contribution in [0.3, 0.4) is 0 Å². The molecule has 0 spiro atoms. The molecule has 3 N–H and O–H groups in total. The molecule has 1 rings (SSSR count). The van der Waals surface area contributed by atoms with Gasteiger partial charge in [-0.15, -0.1) is 0 Å². The molecule has 2 unspecified atom stereocenters. The van der Waals surface area contributed by atoms with Gasteiger partial charge in [0.1, 0.15) is 5.75 Å². The highest BCUT2D eigenvalue weighted by Crippen LogP contribution is 2.25. The molecule has 0 saturated carbocycles. The lowest BCUT2D eigenvalue weighted by molar-refractivity contribution is -0.127. The number of amides is 1. The highest BCUT2D eigenvalue weighted by Gasteiger charge is 2.16. The smallest absolute Gasteiger partial charge is 0.260 e. The minimum atomic E-state index is -0.523. The Balaban J connectivity index is 2.87. The van der Waals surface area contributed by atoms with E-state index < -0.39 is 6.10 Å². The SMILES string of the molecule is CCNC(=O)C(C)Oc1ccc(C)cc1C(C)N. The van der Waals surface area contributed by atoms with Crippen LogP contribution in [-0.4, -0.2) is 18.6 Å². The third kappa shape index (κ3) is 3.74. The lowest BCUT2D eigenvalue weighted by Gasteiger charge is -2.19. The van der Waals surface area contributed by atoms with Crippen LogP contribution in [0.5, 0.6) is 5.75 Å². The number of hydrogen-bond donors (Lipinski definition) is 2. The first-order chi connectivity index (χ1) is 8.45. The minimum absolute atomic E-state index is 0.117. The molecular formula is C14H22N2O2. The first-order valence-electron chi connectivity index (χ1n) is 6.26. The lowest BCUT2D eigenvalue weighted by atomic mass is 10.1. The maximum atomic E-state index is 11.6. The second kappa shape index (κ2) is 6.40. The Morgan fingerprint density at radius 3 is 2.67 bits per heavy atom. The number of carbonyl (C=O) groups is 1. The monoisotopic (exact) mass is 250 g/mol. The maximum absolute atomic E-state index is 11.6. The van der Waals surface area contributed by atoms with Crippen molar-refractivity contribution in [2.45, 2.75) is 39.8 Å². The Bertz CT molecular complexity index is 416. The molecule has 4 heteroatoms. The van der Waals surface area contributed by atoms with Crippen LogP contribution in [0.4, 0.5) is 0 Å². The number of benzene rings is 1. The summed E-state index contributed by atoms with van der Waals surface area (Å²) in [4.78, 5) is 11.6. The number of carbonyl (C=O) groups excluding carboxylic acids is 1. The topological polar surface area (TPSA) is 64.3 Å². The number of hydrogen-bond acceptors (Lipinski definition) is 3. The van der Waals surface area contributed by atoms with Crippen molar-refractivity contribution < 1.29 is 9.53 Å². The summed E-state index contributed by atoms with van der Waals surface area (Å²) in [5.74, 6) is 0.558. The van der Waals surface area contributed by atoms with Crippen LogP contribution in [0.2, 0.25) is 0 Å². The quantitative estimate of drug-likeness (QED) is 0.839. The largest absolute Gasteiger partial charge is 0.481 e. The van der Waals surface area contributed by atoms with E-state index in [9.17, 15) is 4.79 Å². The van der Waals surface area contributed by atoms with Crippen LogP contribution in [0.15, 0.2) is 18.2 Å². The van der Waals surface area contributed by atoms with Crippen molar-refractivity contribution in [3.63, 3.8) is 0 Å². The number of nitrogens with one attached hydrogen (secondary N) is 1. The Hall–Kier alpha value is -1.55. The molecule has 0 bridgehead atoms. The van der Waals surface area contributed by atoms with Crippen LogP contribution in [0.1, 0.15) is 37.9 Å². The van der Waals surface area contributed by atoms with Gasteiger partial charge in [-0.05, 0) is 33.8 Å². The van der Waals surface area contributed by atoms with Gasteiger partial charge in [-0.2, -0.15) is 0 Å². The van der Waals surface area contributed by atoms with Crippen LogP contribution < -0.4 is 15.8 Å². The Morgan fingerprint density at radius 2 is 2.11 bits per heavy atom. The van der Waals surface area contributed by atoms with Gasteiger partial charge in [0.05, 0.1) is 0 Å². The molecule has 100 valence electrons. The second-order valence-electron chi connectivity index (χ2n) is 4.48. The summed E-state index contributed by atoms with van der Waals surface area (Å²) in [6.07, 6.45) is -0.523. The molecule has 0 aliphatic rings. The van der Waals surface area contributed by atoms with Crippen molar-refractivity contribution in [2.24, 2.45) is 5.73 Å². The van der Waals surface area contributed by atoms with E-state index in [-0.39, 0.29) is 11.9 Å². The van der Waals surface area contributed by atoms with Gasteiger partial charge in [0, 0.05) is 18.2 Å². The predicted octanol–water partition coefficient (Wildman–Crippen LogP) is 1.92. The Morgan fingerprint density at radius 1 is 1.44 bits per heavy atom. The highest BCUT2D eigenvalue weighted by atomic mass is 16.5. The third-order valence-electron chi connectivity index (χ3n) is 2.68. The summed E-state index contributed by atoms with van der Waals surface area (Å²) in [5.41, 5.74) is 7.96. The fourth-order valence-electron chi connectivity index (χ4n) is 1.69. The number of aryl methyl sites for hydroxylation is 1. The fraction of sp³-hybridized carbons (Fsp3) is 0.500. The first-order valence-corrected chi connectivity index (χ1v) is 6.26. The van der Waals surface area contributed by atoms with E-state index in [0.717, 1.165) is 11.1 Å². The molecule has 0 radical (unpaired) electrons. The van der Waals surface area contributed by atoms with Gasteiger partial charge in [0.15, 0.2) is 6.10 Å². The van der Waals surface area contributed by atoms with Gasteiger partial charge in [-0.25, -0.2) is 0 Å². The zero-order valence-corrected chi connectivity index (χ0v) is 11.5. The highest BCUT2D eigenvalue weighted by molar-refractivity contribution is 5.80. The fourth-order valence-corrected chi connectivity index (χ4v) is 1.69. The molecule has 0 saturated heterocycles. The molecule has 2 atom stereocenters. The van der Waals surface area contributed by atoms with Crippen molar-refractivity contribution in [3.8, 4) is 5.75 Å². The normalized spacial score (nSPS) is 13.8. The van der Waals surface area contributed by atoms with Gasteiger partial charge < -0.3 is 15.8 Å². The summed E-state index contributed by atoms with van der Waals surface area (Å²) in [6, 6.07) is 5.68. The third-order valence-corrected chi connectivity index (χ3v) is 2.68. The average Bonchev–Trinajstić information content (AvgIpc) is 2.31. The number of ether oxygens (including phenoxy) is 1. The maximum Gasteiger partial charge on any atom is 0.260 e. The Labute approximate surface area is 109 Å². The molecule has 1 aromatic rings. The van der Waals surface area contributed by atoms with Crippen molar-refractivity contribution in [3.05, 3.63) is 29.3 Å². The number of likely N-dealkylation sites (N-methyl/N-ethyl adjacent to an activating group) is 1. The van der Waals surface area contributed by atoms with Crippen LogP contribution in [-0.2, 0) is 4.79 Å². The van der Waals surface area contributed by atoms with E-state index in [1.165, 1.54) is 0 Å². The van der Waals surface area contributed by atoms with E-state index >= 15 is 0 Å². The predicted molar refractivity (Wildman–Crippen MR) is 72.6 cm³/mol. The molecule has 0 aromatic heterocycles. The first kappa shape index (κ1) is 14.5.